The Morgan fingerprint density at radius 3 is 2.17 bits per heavy atom. The fraction of sp³-hybridized carbons (Fsp3) is 1.00. The van der Waals surface area contributed by atoms with Crippen LogP contribution in [0.3, 0.4) is 0 Å². The lowest BCUT2D eigenvalue weighted by molar-refractivity contribution is 0.0741. The van der Waals surface area contributed by atoms with Gasteiger partial charge < -0.3 is 4.74 Å². The second-order valence-electron chi connectivity index (χ2n) is 4.55. The summed E-state index contributed by atoms with van der Waals surface area (Å²) >= 11 is 0. The third kappa shape index (κ3) is 1.50. The molecule has 0 bridgehead atoms. The lowest BCUT2D eigenvalue weighted by Gasteiger charge is -2.39. The highest BCUT2D eigenvalue weighted by Crippen LogP contribution is 2.31. The average molecular weight is 171 g/mol. The second kappa shape index (κ2) is 3.35. The van der Waals surface area contributed by atoms with E-state index in [1.807, 2.05) is 0 Å². The van der Waals surface area contributed by atoms with Crippen LogP contribution in [0.5, 0.6) is 0 Å². The van der Waals surface area contributed by atoms with E-state index in [2.05, 4.69) is 39.5 Å². The Bertz CT molecular complexity index is 156. The molecule has 1 aliphatic heterocycles. The summed E-state index contributed by atoms with van der Waals surface area (Å²) in [5.41, 5.74) is 0.244. The van der Waals surface area contributed by atoms with Crippen LogP contribution in [0, 0.1) is 5.92 Å². The molecule has 0 N–H and O–H groups in total. The molecule has 1 heterocycles. The predicted molar refractivity (Wildman–Crippen MR) is 51.0 cm³/mol. The Kier molecular flexibility index (Phi) is 2.79. The molecule has 2 heteroatoms. The summed E-state index contributed by atoms with van der Waals surface area (Å²) in [6.07, 6.45) is 0. The van der Waals surface area contributed by atoms with Crippen LogP contribution in [0.4, 0.5) is 0 Å². The van der Waals surface area contributed by atoms with Gasteiger partial charge in [0.15, 0.2) is 0 Å². The van der Waals surface area contributed by atoms with E-state index in [1.165, 1.54) is 0 Å². The topological polar surface area (TPSA) is 12.5 Å². The minimum Gasteiger partial charge on any atom is -0.364 e. The van der Waals surface area contributed by atoms with Gasteiger partial charge in [0.25, 0.3) is 0 Å². The normalized spacial score (nSPS) is 32.2. The molecule has 0 radical (unpaired) electrons. The molecule has 0 aromatic rings. The molecule has 0 aromatic carbocycles. The van der Waals surface area contributed by atoms with Gasteiger partial charge >= 0.3 is 0 Å². The summed E-state index contributed by atoms with van der Waals surface area (Å²) in [6.45, 7) is 13.0. The Morgan fingerprint density at radius 2 is 1.83 bits per heavy atom. The van der Waals surface area contributed by atoms with Gasteiger partial charge in [-0.05, 0) is 26.7 Å². The van der Waals surface area contributed by atoms with Crippen molar-refractivity contribution in [2.45, 2.75) is 46.2 Å². The maximum atomic E-state index is 5.52. The van der Waals surface area contributed by atoms with E-state index in [0.29, 0.717) is 12.0 Å². The smallest absolute Gasteiger partial charge is 0.0998 e. The van der Waals surface area contributed by atoms with Crippen molar-refractivity contribution in [3.05, 3.63) is 0 Å². The van der Waals surface area contributed by atoms with Crippen molar-refractivity contribution in [2.75, 3.05) is 13.3 Å². The van der Waals surface area contributed by atoms with Crippen molar-refractivity contribution in [2.24, 2.45) is 5.92 Å². The second-order valence-corrected chi connectivity index (χ2v) is 4.55. The molecular formula is C10H21NO. The molecule has 2 nitrogen and oxygen atoms in total. The van der Waals surface area contributed by atoms with Gasteiger partial charge in [-0.2, -0.15) is 0 Å². The molecule has 1 fully saturated rings. The molecule has 0 aliphatic carbocycles. The molecular weight excluding hydrogens is 150 g/mol. The van der Waals surface area contributed by atoms with E-state index in [9.17, 15) is 0 Å². The largest absolute Gasteiger partial charge is 0.364 e. The number of hydrogen-bond acceptors (Lipinski definition) is 2. The molecule has 1 unspecified atom stereocenters. The first-order valence-corrected chi connectivity index (χ1v) is 4.83. The molecule has 0 spiro atoms. The summed E-state index contributed by atoms with van der Waals surface area (Å²) < 4.78 is 5.52. The van der Waals surface area contributed by atoms with Gasteiger partial charge in [-0.1, -0.05) is 13.8 Å². The van der Waals surface area contributed by atoms with Gasteiger partial charge in [0.2, 0.25) is 0 Å². The highest BCUT2D eigenvalue weighted by Gasteiger charge is 2.41. The molecule has 1 saturated heterocycles. The summed E-state index contributed by atoms with van der Waals surface area (Å²) in [5, 5.41) is 0. The Morgan fingerprint density at radius 1 is 1.25 bits per heavy atom. The van der Waals surface area contributed by atoms with Crippen LogP contribution in [-0.4, -0.2) is 29.8 Å². The van der Waals surface area contributed by atoms with Gasteiger partial charge in [0, 0.05) is 11.6 Å². The average Bonchev–Trinajstić information content (AvgIpc) is 2.32. The Balaban J connectivity index is 2.74. The lowest BCUT2D eigenvalue weighted by atomic mass is 9.87. The molecule has 0 saturated carbocycles. The lowest BCUT2D eigenvalue weighted by Crippen LogP contribution is -2.50. The highest BCUT2D eigenvalue weighted by molar-refractivity contribution is 4.93. The number of ether oxygens (including phenoxy) is 1. The van der Waals surface area contributed by atoms with Crippen molar-refractivity contribution >= 4 is 0 Å². The molecule has 0 aromatic heterocycles. The van der Waals surface area contributed by atoms with E-state index in [-0.39, 0.29) is 5.54 Å². The third-order valence-electron chi connectivity index (χ3n) is 3.15. The molecule has 72 valence electrons. The monoisotopic (exact) mass is 171 g/mol. The van der Waals surface area contributed by atoms with E-state index < -0.39 is 0 Å². The van der Waals surface area contributed by atoms with Crippen molar-refractivity contribution < 1.29 is 4.74 Å². The zero-order chi connectivity index (χ0) is 9.35. The van der Waals surface area contributed by atoms with Gasteiger partial charge in [0.1, 0.15) is 0 Å². The number of hydrogen-bond donors (Lipinski definition) is 0. The fourth-order valence-corrected chi connectivity index (χ4v) is 1.82. The van der Waals surface area contributed by atoms with Crippen LogP contribution in [-0.2, 0) is 4.74 Å². The summed E-state index contributed by atoms with van der Waals surface area (Å²) in [5.74, 6) is 0.655. The van der Waals surface area contributed by atoms with E-state index in [1.54, 1.807) is 0 Å². The van der Waals surface area contributed by atoms with E-state index >= 15 is 0 Å². The van der Waals surface area contributed by atoms with Crippen molar-refractivity contribution in [3.63, 3.8) is 0 Å². The first-order chi connectivity index (χ1) is 5.48. The predicted octanol–water partition coefficient (Wildman–Crippen LogP) is 2.10. The zero-order valence-corrected chi connectivity index (χ0v) is 8.92. The summed E-state index contributed by atoms with van der Waals surface area (Å²) in [6, 6.07) is 0.583. The maximum Gasteiger partial charge on any atom is 0.0998 e. The SMILES string of the molecule is CC(C)N1COCC1(C)C(C)C. The molecule has 0 amide bonds. The van der Waals surface area contributed by atoms with Gasteiger partial charge in [-0.3, -0.25) is 4.90 Å². The molecule has 12 heavy (non-hydrogen) atoms. The number of rotatable bonds is 2. The Hall–Kier alpha value is -0.0800. The molecule has 1 aliphatic rings. The first-order valence-electron chi connectivity index (χ1n) is 4.83. The zero-order valence-electron chi connectivity index (χ0n) is 8.92. The highest BCUT2D eigenvalue weighted by atomic mass is 16.5. The van der Waals surface area contributed by atoms with Crippen molar-refractivity contribution in [1.82, 2.24) is 4.90 Å². The van der Waals surface area contributed by atoms with Gasteiger partial charge in [0.05, 0.1) is 13.3 Å². The Labute approximate surface area is 75.9 Å². The quantitative estimate of drug-likeness (QED) is 0.631. The third-order valence-corrected chi connectivity index (χ3v) is 3.15. The van der Waals surface area contributed by atoms with E-state index in [0.717, 1.165) is 13.3 Å². The summed E-state index contributed by atoms with van der Waals surface area (Å²) in [7, 11) is 0. The number of nitrogens with zero attached hydrogens (tertiary/aromatic N) is 1. The van der Waals surface area contributed by atoms with Crippen LogP contribution >= 0.6 is 0 Å². The maximum absolute atomic E-state index is 5.52. The summed E-state index contributed by atoms with van der Waals surface area (Å²) in [4.78, 5) is 2.44. The van der Waals surface area contributed by atoms with Crippen LogP contribution in [0.15, 0.2) is 0 Å². The minimum atomic E-state index is 0.244. The van der Waals surface area contributed by atoms with Crippen LogP contribution < -0.4 is 0 Å². The van der Waals surface area contributed by atoms with E-state index in [4.69, 9.17) is 4.74 Å². The first kappa shape index (κ1) is 10.0. The van der Waals surface area contributed by atoms with Crippen molar-refractivity contribution in [3.8, 4) is 0 Å². The minimum absolute atomic E-state index is 0.244. The van der Waals surface area contributed by atoms with Crippen LogP contribution in [0.2, 0.25) is 0 Å². The molecule has 1 rings (SSSR count). The standard InChI is InChI=1S/C10H21NO/c1-8(2)10(5)6-12-7-11(10)9(3)4/h8-9H,6-7H2,1-5H3. The van der Waals surface area contributed by atoms with Gasteiger partial charge in [-0.25, -0.2) is 0 Å². The van der Waals surface area contributed by atoms with Crippen molar-refractivity contribution in [1.29, 1.82) is 0 Å². The molecule has 1 atom stereocenters. The van der Waals surface area contributed by atoms with Gasteiger partial charge in [-0.15, -0.1) is 0 Å². The van der Waals surface area contributed by atoms with Crippen LogP contribution in [0.1, 0.15) is 34.6 Å². The van der Waals surface area contributed by atoms with Crippen LogP contribution in [0.25, 0.3) is 0 Å². The fourth-order valence-electron chi connectivity index (χ4n) is 1.82.